The highest BCUT2D eigenvalue weighted by molar-refractivity contribution is 5.49. The number of hydrogen-bond acceptors (Lipinski definition) is 2. The average molecular weight is 190 g/mol. The summed E-state index contributed by atoms with van der Waals surface area (Å²) in [6.45, 7) is 2.85. The summed E-state index contributed by atoms with van der Waals surface area (Å²) in [5.74, 6) is 0. The first-order valence-corrected chi connectivity index (χ1v) is 4.95. The summed E-state index contributed by atoms with van der Waals surface area (Å²) in [7, 11) is 0. The maximum atomic E-state index is 10.8. The van der Waals surface area contributed by atoms with Gasteiger partial charge in [0, 0.05) is 18.4 Å². The van der Waals surface area contributed by atoms with E-state index in [1.54, 1.807) is 0 Å². The van der Waals surface area contributed by atoms with Crippen LogP contribution in [0, 0.1) is 6.92 Å². The maximum Gasteiger partial charge on any atom is 0.210 e. The second-order valence-electron chi connectivity index (χ2n) is 3.73. The molecule has 2 rings (SSSR count). The molecular formula is C11H14N2O. The number of rotatable bonds is 2. The van der Waals surface area contributed by atoms with Crippen molar-refractivity contribution in [3.63, 3.8) is 0 Å². The largest absolute Gasteiger partial charge is 0.338 e. The number of aromatic nitrogens is 1. The van der Waals surface area contributed by atoms with Crippen molar-refractivity contribution in [1.82, 2.24) is 9.88 Å². The number of likely N-dealkylation sites (tertiary alicyclic amines) is 1. The Morgan fingerprint density at radius 2 is 2.43 bits per heavy atom. The van der Waals surface area contributed by atoms with Crippen molar-refractivity contribution in [2.75, 3.05) is 6.54 Å². The van der Waals surface area contributed by atoms with E-state index >= 15 is 0 Å². The highest BCUT2D eigenvalue weighted by atomic mass is 16.1. The number of pyridine rings is 1. The van der Waals surface area contributed by atoms with Gasteiger partial charge in [0.1, 0.15) is 0 Å². The van der Waals surface area contributed by atoms with Gasteiger partial charge in [0.2, 0.25) is 6.41 Å². The lowest BCUT2D eigenvalue weighted by molar-refractivity contribution is -0.118. The van der Waals surface area contributed by atoms with Crippen molar-refractivity contribution >= 4 is 6.41 Å². The molecule has 1 atom stereocenters. The van der Waals surface area contributed by atoms with Crippen molar-refractivity contribution in [3.05, 3.63) is 29.6 Å². The van der Waals surface area contributed by atoms with Gasteiger partial charge in [-0.1, -0.05) is 6.07 Å². The smallest absolute Gasteiger partial charge is 0.210 e. The van der Waals surface area contributed by atoms with Crippen LogP contribution in [0.3, 0.4) is 0 Å². The predicted octanol–water partition coefficient (Wildman–Crippen LogP) is 1.68. The Bertz CT molecular complexity index is 321. The van der Waals surface area contributed by atoms with Gasteiger partial charge in [-0.3, -0.25) is 9.78 Å². The highest BCUT2D eigenvalue weighted by Gasteiger charge is 2.24. The van der Waals surface area contributed by atoms with Gasteiger partial charge in [-0.2, -0.15) is 0 Å². The van der Waals surface area contributed by atoms with Gasteiger partial charge < -0.3 is 4.90 Å². The molecular weight excluding hydrogens is 176 g/mol. The molecule has 0 aromatic carbocycles. The summed E-state index contributed by atoms with van der Waals surface area (Å²) < 4.78 is 0. The van der Waals surface area contributed by atoms with E-state index in [2.05, 4.69) is 11.1 Å². The first kappa shape index (κ1) is 9.19. The van der Waals surface area contributed by atoms with Crippen LogP contribution in [0.5, 0.6) is 0 Å². The van der Waals surface area contributed by atoms with Gasteiger partial charge in [0.15, 0.2) is 0 Å². The number of amides is 1. The second kappa shape index (κ2) is 3.78. The Morgan fingerprint density at radius 3 is 3.07 bits per heavy atom. The average Bonchev–Trinajstić information content (AvgIpc) is 2.67. The zero-order valence-electron chi connectivity index (χ0n) is 8.31. The van der Waals surface area contributed by atoms with Crippen LogP contribution in [0.15, 0.2) is 18.3 Å². The number of aryl methyl sites for hydroxylation is 1. The lowest BCUT2D eigenvalue weighted by atomic mass is 10.1. The molecule has 1 saturated heterocycles. The van der Waals surface area contributed by atoms with E-state index < -0.39 is 0 Å². The maximum absolute atomic E-state index is 10.8. The minimum absolute atomic E-state index is 0.251. The molecule has 0 unspecified atom stereocenters. The second-order valence-corrected chi connectivity index (χ2v) is 3.73. The fourth-order valence-corrected chi connectivity index (χ4v) is 1.95. The standard InChI is InChI=1S/C11H14N2O/c1-9-4-5-10(7-12-9)11-3-2-6-13(11)8-14/h4-5,7-8,11H,2-3,6H2,1H3/t11-/m0/s1. The van der Waals surface area contributed by atoms with E-state index in [-0.39, 0.29) is 6.04 Å². The molecule has 1 fully saturated rings. The van der Waals surface area contributed by atoms with Crippen LogP contribution in [0.25, 0.3) is 0 Å². The predicted molar refractivity (Wildman–Crippen MR) is 53.7 cm³/mol. The molecule has 3 heteroatoms. The minimum Gasteiger partial charge on any atom is -0.338 e. The summed E-state index contributed by atoms with van der Waals surface area (Å²) in [4.78, 5) is 16.9. The monoisotopic (exact) mass is 190 g/mol. The van der Waals surface area contributed by atoms with Crippen LogP contribution in [0.1, 0.15) is 30.1 Å². The van der Waals surface area contributed by atoms with Crippen molar-refractivity contribution in [1.29, 1.82) is 0 Å². The molecule has 0 radical (unpaired) electrons. The molecule has 0 bridgehead atoms. The molecule has 3 nitrogen and oxygen atoms in total. The SMILES string of the molecule is Cc1ccc([C@@H]2CCCN2C=O)cn1. The summed E-state index contributed by atoms with van der Waals surface area (Å²) >= 11 is 0. The molecule has 1 aliphatic rings. The van der Waals surface area contributed by atoms with E-state index in [4.69, 9.17) is 0 Å². The highest BCUT2D eigenvalue weighted by Crippen LogP contribution is 2.29. The van der Waals surface area contributed by atoms with Crippen molar-refractivity contribution in [3.8, 4) is 0 Å². The Morgan fingerprint density at radius 1 is 1.57 bits per heavy atom. The zero-order valence-corrected chi connectivity index (χ0v) is 8.31. The van der Waals surface area contributed by atoms with E-state index in [0.29, 0.717) is 0 Å². The molecule has 2 heterocycles. The van der Waals surface area contributed by atoms with Crippen LogP contribution in [-0.2, 0) is 4.79 Å². The number of nitrogens with zero attached hydrogens (tertiary/aromatic N) is 2. The Balaban J connectivity index is 2.21. The topological polar surface area (TPSA) is 33.2 Å². The van der Waals surface area contributed by atoms with Crippen LogP contribution in [0.4, 0.5) is 0 Å². The fourth-order valence-electron chi connectivity index (χ4n) is 1.95. The third-order valence-corrected chi connectivity index (χ3v) is 2.75. The number of carbonyl (C=O) groups excluding carboxylic acids is 1. The molecule has 1 aliphatic heterocycles. The van der Waals surface area contributed by atoms with Gasteiger partial charge in [-0.25, -0.2) is 0 Å². The lowest BCUT2D eigenvalue weighted by Gasteiger charge is -2.19. The molecule has 14 heavy (non-hydrogen) atoms. The Hall–Kier alpha value is -1.38. The normalized spacial score (nSPS) is 21.2. The first-order valence-electron chi connectivity index (χ1n) is 4.95. The minimum atomic E-state index is 0.251. The zero-order chi connectivity index (χ0) is 9.97. The van der Waals surface area contributed by atoms with Crippen LogP contribution < -0.4 is 0 Å². The molecule has 0 aliphatic carbocycles. The van der Waals surface area contributed by atoms with E-state index in [1.807, 2.05) is 24.1 Å². The number of carbonyl (C=O) groups is 1. The van der Waals surface area contributed by atoms with Crippen molar-refractivity contribution in [2.45, 2.75) is 25.8 Å². The first-order chi connectivity index (χ1) is 6.81. The van der Waals surface area contributed by atoms with Crippen molar-refractivity contribution in [2.24, 2.45) is 0 Å². The summed E-state index contributed by atoms with van der Waals surface area (Å²) in [5, 5.41) is 0. The van der Waals surface area contributed by atoms with Crippen LogP contribution in [0.2, 0.25) is 0 Å². The summed E-state index contributed by atoms with van der Waals surface area (Å²) in [6.07, 6.45) is 4.97. The lowest BCUT2D eigenvalue weighted by Crippen LogP contribution is -2.21. The van der Waals surface area contributed by atoms with Crippen molar-refractivity contribution < 1.29 is 4.79 Å². The molecule has 0 saturated carbocycles. The molecule has 1 aromatic rings. The Kier molecular flexibility index (Phi) is 2.48. The van der Waals surface area contributed by atoms with E-state index in [9.17, 15) is 4.79 Å². The van der Waals surface area contributed by atoms with Gasteiger partial charge >= 0.3 is 0 Å². The Labute approximate surface area is 83.8 Å². The van der Waals surface area contributed by atoms with Gasteiger partial charge in [-0.15, -0.1) is 0 Å². The van der Waals surface area contributed by atoms with Gasteiger partial charge in [0.25, 0.3) is 0 Å². The molecule has 1 aromatic heterocycles. The molecule has 1 amide bonds. The van der Waals surface area contributed by atoms with Crippen LogP contribution >= 0.6 is 0 Å². The summed E-state index contributed by atoms with van der Waals surface area (Å²) in [6, 6.07) is 4.31. The fraction of sp³-hybridized carbons (Fsp3) is 0.455. The quantitative estimate of drug-likeness (QED) is 0.665. The van der Waals surface area contributed by atoms with E-state index in [1.165, 1.54) is 0 Å². The van der Waals surface area contributed by atoms with Gasteiger partial charge in [-0.05, 0) is 31.4 Å². The summed E-state index contributed by atoms with van der Waals surface area (Å²) in [5.41, 5.74) is 2.17. The van der Waals surface area contributed by atoms with Crippen LogP contribution in [-0.4, -0.2) is 22.8 Å². The molecule has 74 valence electrons. The molecule has 0 spiro atoms. The third kappa shape index (κ3) is 1.62. The molecule has 0 N–H and O–H groups in total. The van der Waals surface area contributed by atoms with E-state index in [0.717, 1.165) is 37.1 Å². The van der Waals surface area contributed by atoms with Gasteiger partial charge in [0.05, 0.1) is 6.04 Å². The third-order valence-electron chi connectivity index (χ3n) is 2.75. The number of hydrogen-bond donors (Lipinski definition) is 0.